The van der Waals surface area contributed by atoms with Crippen molar-refractivity contribution in [2.45, 2.75) is 12.5 Å². The Labute approximate surface area is 119 Å². The van der Waals surface area contributed by atoms with Crippen molar-refractivity contribution in [1.82, 2.24) is 15.3 Å². The van der Waals surface area contributed by atoms with Crippen LogP contribution < -0.4 is 11.1 Å². The number of anilines is 1. The van der Waals surface area contributed by atoms with E-state index in [1.807, 2.05) is 0 Å². The van der Waals surface area contributed by atoms with Crippen molar-refractivity contribution in [3.63, 3.8) is 0 Å². The second kappa shape index (κ2) is 6.04. The van der Waals surface area contributed by atoms with Crippen LogP contribution in [-0.2, 0) is 11.2 Å². The third kappa shape index (κ3) is 3.56. The molecule has 1 atom stereocenters. The van der Waals surface area contributed by atoms with Crippen LogP contribution in [0.4, 0.5) is 10.1 Å². The number of aliphatic carboxylic acids is 1. The molecule has 0 aliphatic rings. The Balaban J connectivity index is 2.14. The smallest absolute Gasteiger partial charge is 0.326 e. The van der Waals surface area contributed by atoms with Crippen LogP contribution in [0.5, 0.6) is 0 Å². The summed E-state index contributed by atoms with van der Waals surface area (Å²) in [5, 5.41) is 11.4. The lowest BCUT2D eigenvalue weighted by Gasteiger charge is -2.14. The molecule has 0 spiro atoms. The Morgan fingerprint density at radius 2 is 2.24 bits per heavy atom. The maximum Gasteiger partial charge on any atom is 0.326 e. The van der Waals surface area contributed by atoms with Gasteiger partial charge in [-0.25, -0.2) is 14.2 Å². The number of carbonyl (C=O) groups excluding carboxylic acids is 1. The summed E-state index contributed by atoms with van der Waals surface area (Å²) in [6, 6.07) is 2.14. The molecule has 0 saturated heterocycles. The molecular weight excluding hydrogens is 279 g/mol. The van der Waals surface area contributed by atoms with Gasteiger partial charge in [0.05, 0.1) is 11.9 Å². The van der Waals surface area contributed by atoms with Gasteiger partial charge in [-0.3, -0.25) is 4.79 Å². The van der Waals surface area contributed by atoms with Crippen molar-refractivity contribution in [1.29, 1.82) is 0 Å². The Hall–Kier alpha value is -2.90. The van der Waals surface area contributed by atoms with Crippen LogP contribution in [0, 0.1) is 5.82 Å². The minimum atomic E-state index is -1.21. The monoisotopic (exact) mass is 292 g/mol. The summed E-state index contributed by atoms with van der Waals surface area (Å²) >= 11 is 0. The van der Waals surface area contributed by atoms with Gasteiger partial charge in [-0.05, 0) is 18.2 Å². The molecule has 2 rings (SSSR count). The standard InChI is InChI=1S/C13H13FN4O3/c14-7-1-2-10(15)9(3-7)12(19)18-11(13(20)21)4-8-5-16-6-17-8/h1-3,5-6,11H,4,15H2,(H,16,17)(H,18,19)(H,20,21). The zero-order valence-corrected chi connectivity index (χ0v) is 10.8. The number of benzene rings is 1. The van der Waals surface area contributed by atoms with E-state index in [1.165, 1.54) is 18.6 Å². The summed E-state index contributed by atoms with van der Waals surface area (Å²) < 4.78 is 13.1. The fourth-order valence-corrected chi connectivity index (χ4v) is 1.78. The van der Waals surface area contributed by atoms with E-state index >= 15 is 0 Å². The molecule has 1 amide bonds. The maximum absolute atomic E-state index is 13.1. The SMILES string of the molecule is Nc1ccc(F)cc1C(=O)NC(Cc1cnc[nH]1)C(=O)O. The number of carbonyl (C=O) groups is 2. The van der Waals surface area contributed by atoms with E-state index in [1.54, 1.807) is 0 Å². The third-order valence-electron chi connectivity index (χ3n) is 2.84. The first-order valence-corrected chi connectivity index (χ1v) is 6.03. The number of rotatable bonds is 5. The van der Waals surface area contributed by atoms with Crippen LogP contribution in [0.1, 0.15) is 16.1 Å². The van der Waals surface area contributed by atoms with Crippen molar-refractivity contribution in [3.8, 4) is 0 Å². The van der Waals surface area contributed by atoms with Gasteiger partial charge < -0.3 is 21.1 Å². The summed E-state index contributed by atoms with van der Waals surface area (Å²) in [6.45, 7) is 0. The third-order valence-corrected chi connectivity index (χ3v) is 2.84. The second-order valence-electron chi connectivity index (χ2n) is 4.38. The number of aromatic nitrogens is 2. The highest BCUT2D eigenvalue weighted by Gasteiger charge is 2.22. The van der Waals surface area contributed by atoms with Crippen molar-refractivity contribution in [3.05, 3.63) is 47.8 Å². The van der Waals surface area contributed by atoms with Gasteiger partial charge in [0.25, 0.3) is 5.91 Å². The van der Waals surface area contributed by atoms with Crippen LogP contribution >= 0.6 is 0 Å². The molecule has 0 radical (unpaired) electrons. The number of nitrogens with zero attached hydrogens (tertiary/aromatic N) is 1. The molecule has 0 saturated carbocycles. The molecule has 21 heavy (non-hydrogen) atoms. The maximum atomic E-state index is 13.1. The topological polar surface area (TPSA) is 121 Å². The Kier molecular flexibility index (Phi) is 4.17. The minimum absolute atomic E-state index is 0.0241. The van der Waals surface area contributed by atoms with Crippen LogP contribution in [0.2, 0.25) is 0 Å². The van der Waals surface area contributed by atoms with Gasteiger partial charge in [0, 0.05) is 24.0 Å². The number of imidazole rings is 1. The molecule has 0 aliphatic carbocycles. The number of aromatic amines is 1. The van der Waals surface area contributed by atoms with Gasteiger partial charge in [-0.2, -0.15) is 0 Å². The average molecular weight is 292 g/mol. The number of carboxylic acids is 1. The lowest BCUT2D eigenvalue weighted by atomic mass is 10.1. The molecule has 1 unspecified atom stereocenters. The van der Waals surface area contributed by atoms with Crippen molar-refractivity contribution < 1.29 is 19.1 Å². The predicted molar refractivity (Wildman–Crippen MR) is 72.0 cm³/mol. The normalized spacial score (nSPS) is 11.9. The molecular formula is C13H13FN4O3. The van der Waals surface area contributed by atoms with Crippen molar-refractivity contribution in [2.24, 2.45) is 0 Å². The first-order chi connectivity index (χ1) is 9.97. The largest absolute Gasteiger partial charge is 0.480 e. The number of hydrogen-bond acceptors (Lipinski definition) is 4. The predicted octanol–water partition coefficient (Wildman–Crippen LogP) is 0.557. The number of nitrogens with one attached hydrogen (secondary N) is 2. The molecule has 110 valence electrons. The summed E-state index contributed by atoms with van der Waals surface area (Å²) in [4.78, 5) is 29.7. The number of halogens is 1. The highest BCUT2D eigenvalue weighted by Crippen LogP contribution is 2.13. The number of H-pyrrole nitrogens is 1. The summed E-state index contributed by atoms with van der Waals surface area (Å²) in [5.74, 6) is -2.60. The molecule has 7 nitrogen and oxygen atoms in total. The Morgan fingerprint density at radius 3 is 2.86 bits per heavy atom. The molecule has 0 aliphatic heterocycles. The second-order valence-corrected chi connectivity index (χ2v) is 4.38. The molecule has 0 bridgehead atoms. The fourth-order valence-electron chi connectivity index (χ4n) is 1.78. The Morgan fingerprint density at radius 1 is 1.48 bits per heavy atom. The van der Waals surface area contributed by atoms with Gasteiger partial charge in [-0.15, -0.1) is 0 Å². The van der Waals surface area contributed by atoms with E-state index in [2.05, 4.69) is 15.3 Å². The fraction of sp³-hybridized carbons (Fsp3) is 0.154. The highest BCUT2D eigenvalue weighted by atomic mass is 19.1. The molecule has 8 heteroatoms. The van der Waals surface area contributed by atoms with E-state index < -0.39 is 23.7 Å². The first-order valence-electron chi connectivity index (χ1n) is 6.03. The molecule has 1 aromatic carbocycles. The summed E-state index contributed by atoms with van der Waals surface area (Å²) in [6.07, 6.45) is 2.88. The van der Waals surface area contributed by atoms with E-state index in [4.69, 9.17) is 10.8 Å². The molecule has 5 N–H and O–H groups in total. The van der Waals surface area contributed by atoms with E-state index in [-0.39, 0.29) is 17.7 Å². The van der Waals surface area contributed by atoms with Gasteiger partial charge in [0.1, 0.15) is 11.9 Å². The lowest BCUT2D eigenvalue weighted by Crippen LogP contribution is -2.42. The van der Waals surface area contributed by atoms with Gasteiger partial charge in [-0.1, -0.05) is 0 Å². The van der Waals surface area contributed by atoms with Gasteiger partial charge in [0.15, 0.2) is 0 Å². The number of amides is 1. The van der Waals surface area contributed by atoms with Crippen LogP contribution in [-0.4, -0.2) is 33.0 Å². The quantitative estimate of drug-likeness (QED) is 0.600. The van der Waals surface area contributed by atoms with Crippen LogP contribution in [0.25, 0.3) is 0 Å². The lowest BCUT2D eigenvalue weighted by molar-refractivity contribution is -0.139. The van der Waals surface area contributed by atoms with E-state index in [0.717, 1.165) is 12.1 Å². The number of nitrogens with two attached hydrogens (primary N) is 1. The zero-order valence-electron chi connectivity index (χ0n) is 10.8. The first kappa shape index (κ1) is 14.5. The van der Waals surface area contributed by atoms with Gasteiger partial charge >= 0.3 is 5.97 Å². The highest BCUT2D eigenvalue weighted by molar-refractivity contribution is 6.00. The minimum Gasteiger partial charge on any atom is -0.480 e. The molecule has 1 heterocycles. The van der Waals surface area contributed by atoms with Crippen LogP contribution in [0.3, 0.4) is 0 Å². The number of nitrogen functional groups attached to an aromatic ring is 1. The summed E-state index contributed by atoms with van der Waals surface area (Å²) in [5.41, 5.74) is 6.10. The van der Waals surface area contributed by atoms with E-state index in [0.29, 0.717) is 5.69 Å². The van der Waals surface area contributed by atoms with E-state index in [9.17, 15) is 14.0 Å². The van der Waals surface area contributed by atoms with Gasteiger partial charge in [0.2, 0.25) is 0 Å². The molecule has 1 aromatic heterocycles. The summed E-state index contributed by atoms with van der Waals surface area (Å²) in [7, 11) is 0. The Bertz CT molecular complexity index is 657. The number of carboxylic acid groups (broad SMARTS) is 1. The molecule has 2 aromatic rings. The molecule has 0 fully saturated rings. The zero-order chi connectivity index (χ0) is 15.4. The van der Waals surface area contributed by atoms with Crippen molar-refractivity contribution in [2.75, 3.05) is 5.73 Å². The number of hydrogen-bond donors (Lipinski definition) is 4. The van der Waals surface area contributed by atoms with Crippen LogP contribution in [0.15, 0.2) is 30.7 Å². The van der Waals surface area contributed by atoms with Crippen molar-refractivity contribution >= 4 is 17.6 Å². The average Bonchev–Trinajstić information content (AvgIpc) is 2.93.